The van der Waals surface area contributed by atoms with Crippen molar-refractivity contribution in [1.82, 2.24) is 0 Å². The highest BCUT2D eigenvalue weighted by molar-refractivity contribution is 14.1. The molecule has 0 N–H and O–H groups in total. The summed E-state index contributed by atoms with van der Waals surface area (Å²) in [6.07, 6.45) is 12.3. The first kappa shape index (κ1) is 23.0. The number of unbranched alkanes of at least 4 members (excludes halogenated alkanes) is 7. The average molecular weight is 514 g/mol. The number of hydrogen-bond acceptors (Lipinski definition) is 4. The minimum absolute atomic E-state index is 0.0856. The minimum atomic E-state index is -0.579. The number of carbonyl (C=O) groups excluding carboxylic acids is 1. The Kier molecular flexibility index (Phi) is 8.40. The molecule has 0 spiro atoms. The Hall–Kier alpha value is -0.660. The maximum Gasteiger partial charge on any atom is 0.309 e. The minimum Gasteiger partial charge on any atom is -0.455 e. The van der Waals surface area contributed by atoms with Crippen LogP contribution in [0.4, 0.5) is 0 Å². The second-order valence-corrected chi connectivity index (χ2v) is 10.3. The zero-order valence-corrected chi connectivity index (χ0v) is 20.0. The molecule has 4 atom stereocenters. The molecule has 0 radical (unpaired) electrons. The van der Waals surface area contributed by atoms with E-state index < -0.39 is 11.2 Å². The molecule has 162 valence electrons. The monoisotopic (exact) mass is 514 g/mol. The van der Waals surface area contributed by atoms with E-state index >= 15 is 0 Å². The Labute approximate surface area is 189 Å². The molecular formula is C24H35IO4. The molecule has 2 aliphatic heterocycles. The van der Waals surface area contributed by atoms with Crippen molar-refractivity contribution in [3.8, 4) is 0 Å². The van der Waals surface area contributed by atoms with E-state index in [2.05, 4.69) is 59.8 Å². The summed E-state index contributed by atoms with van der Waals surface area (Å²) < 4.78 is 5.71. The van der Waals surface area contributed by atoms with Crippen molar-refractivity contribution >= 4 is 28.6 Å². The number of alkyl halides is 1. The zero-order chi connectivity index (χ0) is 20.7. The topological polar surface area (TPSA) is 44.8 Å². The van der Waals surface area contributed by atoms with Crippen LogP contribution in [0.5, 0.6) is 0 Å². The van der Waals surface area contributed by atoms with Crippen molar-refractivity contribution in [3.05, 3.63) is 35.9 Å². The van der Waals surface area contributed by atoms with Gasteiger partial charge in [0.1, 0.15) is 11.7 Å². The molecule has 0 aliphatic carbocycles. The maximum atomic E-state index is 11.7. The molecule has 4 nitrogen and oxygen atoms in total. The van der Waals surface area contributed by atoms with Gasteiger partial charge < -0.3 is 4.74 Å². The van der Waals surface area contributed by atoms with Gasteiger partial charge in [0.05, 0.1) is 10.3 Å². The lowest BCUT2D eigenvalue weighted by molar-refractivity contribution is -0.423. The smallest absolute Gasteiger partial charge is 0.309 e. The van der Waals surface area contributed by atoms with Gasteiger partial charge in [-0.05, 0) is 38.7 Å². The van der Waals surface area contributed by atoms with Gasteiger partial charge in [0.25, 0.3) is 0 Å². The highest BCUT2D eigenvalue weighted by Gasteiger charge is 2.61. The molecule has 1 aromatic rings. The van der Waals surface area contributed by atoms with Crippen LogP contribution in [0.1, 0.15) is 83.6 Å². The Morgan fingerprint density at radius 3 is 2.28 bits per heavy atom. The van der Waals surface area contributed by atoms with Crippen LogP contribution in [-0.4, -0.2) is 27.2 Å². The van der Waals surface area contributed by atoms with Crippen LogP contribution >= 0.6 is 22.6 Å². The van der Waals surface area contributed by atoms with E-state index in [1.807, 2.05) is 6.92 Å². The van der Waals surface area contributed by atoms with Crippen LogP contribution in [0.25, 0.3) is 0 Å². The Bertz CT molecular complexity index is 652. The van der Waals surface area contributed by atoms with Crippen molar-refractivity contribution in [2.75, 3.05) is 0 Å². The highest BCUT2D eigenvalue weighted by Crippen LogP contribution is 2.48. The summed E-state index contributed by atoms with van der Waals surface area (Å²) >= 11 is 2.39. The number of hydrogen-bond donors (Lipinski definition) is 0. The molecule has 0 aromatic heterocycles. The second kappa shape index (κ2) is 10.6. The van der Waals surface area contributed by atoms with E-state index in [-0.39, 0.29) is 22.4 Å². The molecule has 29 heavy (non-hydrogen) atoms. The van der Waals surface area contributed by atoms with Gasteiger partial charge in [0.2, 0.25) is 0 Å². The SMILES string of the molecule is C[C@@]12OC(=O)C[C@@H]1OO[C@](C)(CCCCCCCCCCc1ccccc1)[C@H]2I. The molecule has 2 fully saturated rings. The number of esters is 1. The molecule has 2 heterocycles. The first-order chi connectivity index (χ1) is 13.9. The van der Waals surface area contributed by atoms with Crippen LogP contribution in [0.3, 0.4) is 0 Å². The van der Waals surface area contributed by atoms with Gasteiger partial charge in [-0.2, -0.15) is 0 Å². The number of rotatable bonds is 11. The molecular weight excluding hydrogens is 479 g/mol. The third-order valence-corrected chi connectivity index (χ3v) is 9.00. The molecule has 2 saturated heterocycles. The van der Waals surface area contributed by atoms with E-state index in [1.165, 1.54) is 56.9 Å². The number of ether oxygens (including phenoxy) is 1. The van der Waals surface area contributed by atoms with Crippen molar-refractivity contribution < 1.29 is 19.3 Å². The molecule has 5 heteroatoms. The van der Waals surface area contributed by atoms with E-state index in [4.69, 9.17) is 14.5 Å². The molecule has 0 bridgehead atoms. The van der Waals surface area contributed by atoms with E-state index in [0.29, 0.717) is 0 Å². The Morgan fingerprint density at radius 1 is 0.966 bits per heavy atom. The summed E-state index contributed by atoms with van der Waals surface area (Å²) in [5.74, 6) is -0.184. The maximum absolute atomic E-state index is 11.7. The summed E-state index contributed by atoms with van der Waals surface area (Å²) in [4.78, 5) is 23.1. The van der Waals surface area contributed by atoms with Gasteiger partial charge in [-0.3, -0.25) is 4.79 Å². The second-order valence-electron chi connectivity index (χ2n) is 9.02. The number of aryl methyl sites for hydroxylation is 1. The first-order valence-corrected chi connectivity index (χ1v) is 12.4. The summed E-state index contributed by atoms with van der Waals surface area (Å²) in [7, 11) is 0. The van der Waals surface area contributed by atoms with Crippen LogP contribution in [0.15, 0.2) is 30.3 Å². The fourth-order valence-corrected chi connectivity index (χ4v) is 5.49. The fraction of sp³-hybridized carbons (Fsp3) is 0.708. The Morgan fingerprint density at radius 2 is 1.59 bits per heavy atom. The highest BCUT2D eigenvalue weighted by atomic mass is 127. The summed E-state index contributed by atoms with van der Waals surface area (Å²) in [6, 6.07) is 10.8. The van der Waals surface area contributed by atoms with E-state index in [1.54, 1.807) is 0 Å². The van der Waals surface area contributed by atoms with Gasteiger partial charge in [-0.25, -0.2) is 9.78 Å². The average Bonchev–Trinajstić information content (AvgIpc) is 3.02. The molecule has 3 rings (SSSR count). The van der Waals surface area contributed by atoms with Gasteiger partial charge in [-0.15, -0.1) is 0 Å². The molecule has 1 aromatic carbocycles. The van der Waals surface area contributed by atoms with Gasteiger partial charge >= 0.3 is 5.97 Å². The fourth-order valence-electron chi connectivity index (χ4n) is 4.55. The predicted molar refractivity (Wildman–Crippen MR) is 123 cm³/mol. The van der Waals surface area contributed by atoms with Crippen LogP contribution < -0.4 is 0 Å². The Balaban J connectivity index is 1.24. The quantitative estimate of drug-likeness (QED) is 0.114. The molecule has 0 amide bonds. The summed E-state index contributed by atoms with van der Waals surface area (Å²) in [5.41, 5.74) is 0.467. The third-order valence-electron chi connectivity index (χ3n) is 6.45. The lowest BCUT2D eigenvalue weighted by Gasteiger charge is -2.47. The van der Waals surface area contributed by atoms with E-state index in [0.717, 1.165) is 12.8 Å². The molecule has 0 saturated carbocycles. The van der Waals surface area contributed by atoms with Crippen LogP contribution in [0.2, 0.25) is 0 Å². The predicted octanol–water partition coefficient (Wildman–Crippen LogP) is 6.34. The van der Waals surface area contributed by atoms with Crippen LogP contribution in [0, 0.1) is 0 Å². The summed E-state index contributed by atoms with van der Waals surface area (Å²) in [6.45, 7) is 4.07. The van der Waals surface area contributed by atoms with Gasteiger partial charge in [0.15, 0.2) is 5.60 Å². The van der Waals surface area contributed by atoms with Crippen molar-refractivity contribution in [2.45, 2.75) is 106 Å². The zero-order valence-electron chi connectivity index (χ0n) is 17.8. The molecule has 0 unspecified atom stereocenters. The largest absolute Gasteiger partial charge is 0.455 e. The number of fused-ring (bicyclic) bond motifs is 1. The number of halogens is 1. The van der Waals surface area contributed by atoms with Crippen molar-refractivity contribution in [2.24, 2.45) is 0 Å². The lowest BCUT2D eigenvalue weighted by Crippen LogP contribution is -2.61. The van der Waals surface area contributed by atoms with Crippen molar-refractivity contribution in [3.63, 3.8) is 0 Å². The number of benzene rings is 1. The van der Waals surface area contributed by atoms with Crippen molar-refractivity contribution in [1.29, 1.82) is 0 Å². The number of carbonyl (C=O) groups is 1. The normalized spacial score (nSPS) is 31.5. The van der Waals surface area contributed by atoms with Gasteiger partial charge in [0, 0.05) is 0 Å². The summed E-state index contributed by atoms with van der Waals surface area (Å²) in [5, 5.41) is 0. The van der Waals surface area contributed by atoms with Crippen LogP contribution in [-0.2, 0) is 25.7 Å². The van der Waals surface area contributed by atoms with E-state index in [9.17, 15) is 4.79 Å². The lowest BCUT2D eigenvalue weighted by atomic mass is 9.82. The van der Waals surface area contributed by atoms with Gasteiger partial charge in [-0.1, -0.05) is 97.9 Å². The first-order valence-electron chi connectivity index (χ1n) is 11.2. The third kappa shape index (κ3) is 5.95. The molecule has 2 aliphatic rings. The standard InChI is InChI=1S/C24H35IO4/c1-23(22(25)24(2)20(28-29-23)18-21(26)27-24)17-13-8-6-4-3-5-7-10-14-19-15-11-9-12-16-19/h9,11-12,15-16,20,22H,3-8,10,13-14,17-18H2,1-2H3/t20-,22+,23+,24+/m0/s1.